The molecule has 0 aliphatic carbocycles. The minimum Gasteiger partial charge on any atom is -0.461 e. The summed E-state index contributed by atoms with van der Waals surface area (Å²) in [6.45, 7) is 2.51. The summed E-state index contributed by atoms with van der Waals surface area (Å²) in [5, 5.41) is 9.59. The van der Waals surface area contributed by atoms with E-state index in [0.29, 0.717) is 6.54 Å². The highest BCUT2D eigenvalue weighted by atomic mass is 16.3. The molecule has 19 heavy (non-hydrogen) atoms. The molecule has 0 radical (unpaired) electrons. The summed E-state index contributed by atoms with van der Waals surface area (Å²) in [5.41, 5.74) is 2.88. The monoisotopic (exact) mass is 250 g/mol. The number of benzene rings is 2. The topological polar surface area (TPSA) is 37.9 Å². The van der Waals surface area contributed by atoms with Crippen LogP contribution in [0.25, 0.3) is 11.0 Å². The number of hydrogen-bond donors (Lipinski definition) is 0. The minimum absolute atomic E-state index is 0.539. The number of fused-ring (bicyclic) bond motifs is 1. The summed E-state index contributed by atoms with van der Waals surface area (Å²) in [6, 6.07) is 17.7. The minimum atomic E-state index is 0.539. The van der Waals surface area contributed by atoms with Crippen LogP contribution in [0.4, 0.5) is 5.69 Å². The SMILES string of the molecule is Cc1oc2ccccc2c1CN=Nc1ccccc1. The fourth-order valence-corrected chi connectivity index (χ4v) is 2.10. The Kier molecular flexibility index (Phi) is 3.11. The van der Waals surface area contributed by atoms with E-state index in [4.69, 9.17) is 4.42 Å². The van der Waals surface area contributed by atoms with E-state index >= 15 is 0 Å². The molecule has 1 aromatic heterocycles. The Labute approximate surface area is 111 Å². The summed E-state index contributed by atoms with van der Waals surface area (Å²) >= 11 is 0. The third-order valence-corrected chi connectivity index (χ3v) is 3.07. The Balaban J connectivity index is 1.86. The van der Waals surface area contributed by atoms with Gasteiger partial charge in [0.25, 0.3) is 0 Å². The van der Waals surface area contributed by atoms with Gasteiger partial charge >= 0.3 is 0 Å². The number of aryl methyl sites for hydroxylation is 1. The van der Waals surface area contributed by atoms with Crippen molar-refractivity contribution in [3.05, 3.63) is 65.9 Å². The van der Waals surface area contributed by atoms with Gasteiger partial charge in [0.05, 0.1) is 12.2 Å². The van der Waals surface area contributed by atoms with E-state index in [0.717, 1.165) is 28.0 Å². The highest BCUT2D eigenvalue weighted by Crippen LogP contribution is 2.26. The maximum Gasteiger partial charge on any atom is 0.134 e. The number of nitrogens with zero attached hydrogens (tertiary/aromatic N) is 2. The maximum atomic E-state index is 5.70. The number of hydrogen-bond acceptors (Lipinski definition) is 3. The van der Waals surface area contributed by atoms with Crippen LogP contribution < -0.4 is 0 Å². The number of rotatable bonds is 3. The molecule has 0 saturated heterocycles. The van der Waals surface area contributed by atoms with Gasteiger partial charge in [-0.3, -0.25) is 0 Å². The summed E-state index contributed by atoms with van der Waals surface area (Å²) < 4.78 is 5.70. The van der Waals surface area contributed by atoms with Gasteiger partial charge in [-0.2, -0.15) is 10.2 Å². The van der Waals surface area contributed by atoms with Crippen molar-refractivity contribution in [2.75, 3.05) is 0 Å². The summed E-state index contributed by atoms with van der Waals surface area (Å²) in [7, 11) is 0. The molecule has 3 aromatic rings. The van der Waals surface area contributed by atoms with Crippen molar-refractivity contribution >= 4 is 16.7 Å². The smallest absolute Gasteiger partial charge is 0.134 e. The zero-order valence-electron chi connectivity index (χ0n) is 10.7. The second-order valence-electron chi connectivity index (χ2n) is 4.37. The first kappa shape index (κ1) is 11.7. The molecule has 3 nitrogen and oxygen atoms in total. The van der Waals surface area contributed by atoms with E-state index in [2.05, 4.69) is 16.3 Å². The highest BCUT2D eigenvalue weighted by Gasteiger charge is 2.09. The van der Waals surface area contributed by atoms with Crippen LogP contribution in [-0.2, 0) is 6.54 Å². The first-order valence-corrected chi connectivity index (χ1v) is 6.24. The van der Waals surface area contributed by atoms with Crippen molar-refractivity contribution in [2.45, 2.75) is 13.5 Å². The van der Waals surface area contributed by atoms with Crippen LogP contribution in [0, 0.1) is 6.92 Å². The molecule has 0 aliphatic heterocycles. The molecule has 0 spiro atoms. The van der Waals surface area contributed by atoms with E-state index in [1.807, 2.05) is 55.5 Å². The number of para-hydroxylation sites is 1. The third-order valence-electron chi connectivity index (χ3n) is 3.07. The average Bonchev–Trinajstić information content (AvgIpc) is 2.76. The second-order valence-corrected chi connectivity index (χ2v) is 4.37. The molecular formula is C16H14N2O. The van der Waals surface area contributed by atoms with E-state index < -0.39 is 0 Å². The van der Waals surface area contributed by atoms with Gasteiger partial charge in [0.1, 0.15) is 11.3 Å². The zero-order chi connectivity index (χ0) is 13.1. The molecule has 0 bridgehead atoms. The molecule has 0 saturated carbocycles. The van der Waals surface area contributed by atoms with Crippen molar-refractivity contribution in [3.63, 3.8) is 0 Å². The fourth-order valence-electron chi connectivity index (χ4n) is 2.10. The fraction of sp³-hybridized carbons (Fsp3) is 0.125. The number of azo groups is 1. The number of furan rings is 1. The van der Waals surface area contributed by atoms with Crippen LogP contribution in [-0.4, -0.2) is 0 Å². The lowest BCUT2D eigenvalue weighted by Crippen LogP contribution is -1.81. The van der Waals surface area contributed by atoms with Crippen LogP contribution in [0.3, 0.4) is 0 Å². The van der Waals surface area contributed by atoms with Gasteiger partial charge in [-0.25, -0.2) is 0 Å². The average molecular weight is 250 g/mol. The molecule has 94 valence electrons. The van der Waals surface area contributed by atoms with Gasteiger partial charge in [0.2, 0.25) is 0 Å². The molecular weight excluding hydrogens is 236 g/mol. The van der Waals surface area contributed by atoms with Crippen molar-refractivity contribution in [2.24, 2.45) is 10.2 Å². The van der Waals surface area contributed by atoms with E-state index in [1.165, 1.54) is 0 Å². The van der Waals surface area contributed by atoms with Crippen LogP contribution >= 0.6 is 0 Å². The van der Waals surface area contributed by atoms with E-state index in [1.54, 1.807) is 0 Å². The first-order valence-electron chi connectivity index (χ1n) is 6.24. The summed E-state index contributed by atoms with van der Waals surface area (Å²) in [6.07, 6.45) is 0. The molecule has 2 aromatic carbocycles. The highest BCUT2D eigenvalue weighted by molar-refractivity contribution is 5.82. The largest absolute Gasteiger partial charge is 0.461 e. The van der Waals surface area contributed by atoms with E-state index in [9.17, 15) is 0 Å². The van der Waals surface area contributed by atoms with E-state index in [-0.39, 0.29) is 0 Å². The molecule has 0 N–H and O–H groups in total. The van der Waals surface area contributed by atoms with Gasteiger partial charge in [-0.05, 0) is 25.1 Å². The van der Waals surface area contributed by atoms with Gasteiger partial charge in [0.15, 0.2) is 0 Å². The normalized spacial score (nSPS) is 11.4. The van der Waals surface area contributed by atoms with Gasteiger partial charge in [-0.1, -0.05) is 36.4 Å². The first-order chi connectivity index (χ1) is 9.34. The van der Waals surface area contributed by atoms with Gasteiger partial charge in [0, 0.05) is 10.9 Å². The molecule has 3 heteroatoms. The lowest BCUT2D eigenvalue weighted by atomic mass is 10.1. The van der Waals surface area contributed by atoms with Gasteiger partial charge in [-0.15, -0.1) is 0 Å². The third kappa shape index (κ3) is 2.40. The standard InChI is InChI=1S/C16H14N2O/c1-12-15(14-9-5-6-10-16(14)19-12)11-17-18-13-7-3-2-4-8-13/h2-10H,11H2,1H3. The Morgan fingerprint density at radius 1 is 0.947 bits per heavy atom. The van der Waals surface area contributed by atoms with Gasteiger partial charge < -0.3 is 4.42 Å². The Bertz CT molecular complexity index is 714. The Morgan fingerprint density at radius 3 is 2.53 bits per heavy atom. The molecule has 0 fully saturated rings. The van der Waals surface area contributed by atoms with Crippen molar-refractivity contribution in [1.29, 1.82) is 0 Å². The van der Waals surface area contributed by atoms with Crippen molar-refractivity contribution in [3.8, 4) is 0 Å². The van der Waals surface area contributed by atoms with Crippen LogP contribution in [0.1, 0.15) is 11.3 Å². The quantitative estimate of drug-likeness (QED) is 0.601. The molecule has 1 heterocycles. The predicted molar refractivity (Wildman–Crippen MR) is 75.6 cm³/mol. The van der Waals surface area contributed by atoms with Crippen LogP contribution in [0.15, 0.2) is 69.2 Å². The van der Waals surface area contributed by atoms with Crippen molar-refractivity contribution in [1.82, 2.24) is 0 Å². The van der Waals surface area contributed by atoms with Crippen molar-refractivity contribution < 1.29 is 4.42 Å². The van der Waals surface area contributed by atoms with Crippen LogP contribution in [0.2, 0.25) is 0 Å². The molecule has 3 rings (SSSR count). The summed E-state index contributed by atoms with van der Waals surface area (Å²) in [5.74, 6) is 0.910. The lowest BCUT2D eigenvalue weighted by molar-refractivity contribution is 0.571. The maximum absolute atomic E-state index is 5.70. The molecule has 0 aliphatic rings. The molecule has 0 amide bonds. The molecule has 0 unspecified atom stereocenters. The molecule has 0 atom stereocenters. The predicted octanol–water partition coefficient (Wildman–Crippen LogP) is 5.03. The Morgan fingerprint density at radius 2 is 1.68 bits per heavy atom. The Hall–Kier alpha value is -2.42. The lowest BCUT2D eigenvalue weighted by Gasteiger charge is -1.94. The second kappa shape index (κ2) is 5.06. The zero-order valence-corrected chi connectivity index (χ0v) is 10.7. The summed E-state index contributed by atoms with van der Waals surface area (Å²) in [4.78, 5) is 0. The van der Waals surface area contributed by atoms with Crippen LogP contribution in [0.5, 0.6) is 0 Å².